The van der Waals surface area contributed by atoms with E-state index >= 15 is 0 Å². The zero-order chi connectivity index (χ0) is 18.8. The Bertz CT molecular complexity index is 841. The molecule has 150 valence electrons. The number of fused-ring (bicyclic) bond motifs is 1. The molecule has 0 saturated carbocycles. The highest BCUT2D eigenvalue weighted by atomic mass is 127. The SMILES string of the molecule is CCS(=O)(=O)CCNC(=NC)NCCCOc1ccc2ccccc2c1.I. The topological polar surface area (TPSA) is 79.8 Å². The van der Waals surface area contributed by atoms with Gasteiger partial charge in [-0.15, -0.1) is 24.0 Å². The van der Waals surface area contributed by atoms with Gasteiger partial charge in [0.25, 0.3) is 0 Å². The van der Waals surface area contributed by atoms with E-state index in [0.29, 0.717) is 25.7 Å². The maximum atomic E-state index is 11.5. The summed E-state index contributed by atoms with van der Waals surface area (Å²) in [5.41, 5.74) is 0. The fourth-order valence-electron chi connectivity index (χ4n) is 2.42. The molecule has 0 unspecified atom stereocenters. The predicted octanol–water partition coefficient (Wildman–Crippen LogP) is 2.83. The Kier molecular flexibility index (Phi) is 10.5. The second-order valence-electron chi connectivity index (χ2n) is 5.87. The summed E-state index contributed by atoms with van der Waals surface area (Å²) in [6.45, 7) is 3.28. The van der Waals surface area contributed by atoms with Gasteiger partial charge in [0.1, 0.15) is 5.75 Å². The highest BCUT2D eigenvalue weighted by Gasteiger charge is 2.07. The van der Waals surface area contributed by atoms with E-state index in [2.05, 4.69) is 33.8 Å². The van der Waals surface area contributed by atoms with Gasteiger partial charge in [-0.25, -0.2) is 8.42 Å². The van der Waals surface area contributed by atoms with Crippen LogP contribution in [0.15, 0.2) is 47.5 Å². The molecule has 0 aliphatic carbocycles. The van der Waals surface area contributed by atoms with Gasteiger partial charge in [0, 0.05) is 25.9 Å². The van der Waals surface area contributed by atoms with Crippen LogP contribution in [0, 0.1) is 0 Å². The molecule has 0 radical (unpaired) electrons. The highest BCUT2D eigenvalue weighted by molar-refractivity contribution is 14.0. The molecule has 2 aromatic rings. The minimum Gasteiger partial charge on any atom is -0.494 e. The number of rotatable bonds is 9. The molecule has 2 rings (SSSR count). The van der Waals surface area contributed by atoms with Gasteiger partial charge in [-0.05, 0) is 29.3 Å². The van der Waals surface area contributed by atoms with E-state index < -0.39 is 9.84 Å². The summed E-state index contributed by atoms with van der Waals surface area (Å²) >= 11 is 0. The van der Waals surface area contributed by atoms with Crippen LogP contribution in [0.25, 0.3) is 10.8 Å². The van der Waals surface area contributed by atoms with Crippen molar-refractivity contribution in [1.29, 1.82) is 0 Å². The number of sulfone groups is 1. The van der Waals surface area contributed by atoms with Gasteiger partial charge in [-0.1, -0.05) is 37.3 Å². The number of guanidine groups is 1. The van der Waals surface area contributed by atoms with Crippen molar-refractivity contribution in [3.63, 3.8) is 0 Å². The standard InChI is InChI=1S/C19H27N3O3S.HI/c1-3-26(23,24)14-12-22-19(20-2)21-11-6-13-25-18-10-9-16-7-4-5-8-17(16)15-18;/h4-5,7-10,15H,3,6,11-14H2,1-2H3,(H2,20,21,22);1H. The van der Waals surface area contributed by atoms with Gasteiger partial charge >= 0.3 is 0 Å². The molecule has 0 amide bonds. The number of hydrogen-bond donors (Lipinski definition) is 2. The average Bonchev–Trinajstić information content (AvgIpc) is 2.66. The normalized spacial score (nSPS) is 11.7. The molecule has 0 atom stereocenters. The van der Waals surface area contributed by atoms with Gasteiger partial charge < -0.3 is 15.4 Å². The van der Waals surface area contributed by atoms with Crippen molar-refractivity contribution in [2.75, 3.05) is 38.2 Å². The molecule has 0 heterocycles. The Balaban J connectivity index is 0.00000364. The van der Waals surface area contributed by atoms with Crippen LogP contribution in [-0.2, 0) is 9.84 Å². The van der Waals surface area contributed by atoms with Gasteiger partial charge in [0.05, 0.1) is 12.4 Å². The molecule has 0 fully saturated rings. The van der Waals surface area contributed by atoms with Crippen molar-refractivity contribution in [3.05, 3.63) is 42.5 Å². The van der Waals surface area contributed by atoms with Gasteiger partial charge in [-0.3, -0.25) is 4.99 Å². The Morgan fingerprint density at radius 1 is 1.07 bits per heavy atom. The van der Waals surface area contributed by atoms with Crippen LogP contribution >= 0.6 is 24.0 Å². The quantitative estimate of drug-likeness (QED) is 0.237. The van der Waals surface area contributed by atoms with Crippen molar-refractivity contribution in [3.8, 4) is 5.75 Å². The minimum atomic E-state index is -2.96. The molecule has 27 heavy (non-hydrogen) atoms. The van der Waals surface area contributed by atoms with Crippen LogP contribution in [0.4, 0.5) is 0 Å². The fraction of sp³-hybridized carbons (Fsp3) is 0.421. The van der Waals surface area contributed by atoms with Crippen LogP contribution in [0.3, 0.4) is 0 Å². The summed E-state index contributed by atoms with van der Waals surface area (Å²) in [4.78, 5) is 4.08. The van der Waals surface area contributed by atoms with E-state index in [0.717, 1.165) is 17.6 Å². The number of halogens is 1. The zero-order valence-electron chi connectivity index (χ0n) is 15.8. The summed E-state index contributed by atoms with van der Waals surface area (Å²) < 4.78 is 28.7. The van der Waals surface area contributed by atoms with Crippen LogP contribution in [0.2, 0.25) is 0 Å². The maximum absolute atomic E-state index is 11.5. The molecule has 0 bridgehead atoms. The first-order valence-corrected chi connectivity index (χ1v) is 10.6. The van der Waals surface area contributed by atoms with E-state index in [4.69, 9.17) is 4.74 Å². The zero-order valence-corrected chi connectivity index (χ0v) is 18.9. The summed E-state index contributed by atoms with van der Waals surface area (Å²) in [6.07, 6.45) is 0.806. The van der Waals surface area contributed by atoms with Crippen LogP contribution in [-0.4, -0.2) is 52.6 Å². The van der Waals surface area contributed by atoms with Crippen molar-refractivity contribution in [1.82, 2.24) is 10.6 Å². The molecule has 6 nitrogen and oxygen atoms in total. The third-order valence-electron chi connectivity index (χ3n) is 3.97. The van der Waals surface area contributed by atoms with Gasteiger partial charge in [-0.2, -0.15) is 0 Å². The van der Waals surface area contributed by atoms with E-state index in [1.807, 2.05) is 24.3 Å². The monoisotopic (exact) mass is 505 g/mol. The van der Waals surface area contributed by atoms with Crippen molar-refractivity contribution in [2.45, 2.75) is 13.3 Å². The van der Waals surface area contributed by atoms with E-state index in [9.17, 15) is 8.42 Å². The molecular weight excluding hydrogens is 477 g/mol. The third kappa shape index (κ3) is 8.34. The van der Waals surface area contributed by atoms with Crippen molar-refractivity contribution >= 4 is 50.5 Å². The third-order valence-corrected chi connectivity index (χ3v) is 5.68. The average molecular weight is 505 g/mol. The molecule has 0 aromatic heterocycles. The lowest BCUT2D eigenvalue weighted by Gasteiger charge is -2.12. The largest absolute Gasteiger partial charge is 0.494 e. The minimum absolute atomic E-state index is 0. The lowest BCUT2D eigenvalue weighted by molar-refractivity contribution is 0.311. The first kappa shape index (κ1) is 23.5. The number of nitrogens with one attached hydrogen (secondary N) is 2. The predicted molar refractivity (Wildman–Crippen MR) is 123 cm³/mol. The number of ether oxygens (including phenoxy) is 1. The highest BCUT2D eigenvalue weighted by Crippen LogP contribution is 2.20. The Labute approximate surface area is 178 Å². The van der Waals surface area contributed by atoms with Gasteiger partial charge in [0.15, 0.2) is 15.8 Å². The molecule has 0 spiro atoms. The molecule has 8 heteroatoms. The van der Waals surface area contributed by atoms with Crippen LogP contribution < -0.4 is 15.4 Å². The molecule has 2 N–H and O–H groups in total. The smallest absolute Gasteiger partial charge is 0.191 e. The molecule has 0 saturated heterocycles. The first-order valence-electron chi connectivity index (χ1n) is 8.80. The van der Waals surface area contributed by atoms with Crippen molar-refractivity contribution < 1.29 is 13.2 Å². The summed E-state index contributed by atoms with van der Waals surface area (Å²) in [7, 11) is -1.30. The summed E-state index contributed by atoms with van der Waals surface area (Å²) in [5, 5.41) is 8.52. The second kappa shape index (κ2) is 12.0. The fourth-order valence-corrected chi connectivity index (χ4v) is 3.12. The molecule has 2 aromatic carbocycles. The van der Waals surface area contributed by atoms with Crippen molar-refractivity contribution in [2.24, 2.45) is 4.99 Å². The lowest BCUT2D eigenvalue weighted by atomic mass is 10.1. The Morgan fingerprint density at radius 2 is 1.78 bits per heavy atom. The Morgan fingerprint density at radius 3 is 2.48 bits per heavy atom. The van der Waals surface area contributed by atoms with Crippen LogP contribution in [0.5, 0.6) is 5.75 Å². The van der Waals surface area contributed by atoms with E-state index in [1.54, 1.807) is 14.0 Å². The number of nitrogens with zero attached hydrogens (tertiary/aromatic N) is 1. The molecular formula is C19H28IN3O3S. The first-order chi connectivity index (χ1) is 12.5. The molecule has 0 aliphatic rings. The maximum Gasteiger partial charge on any atom is 0.191 e. The van der Waals surface area contributed by atoms with E-state index in [1.165, 1.54) is 5.39 Å². The summed E-state index contributed by atoms with van der Waals surface area (Å²) in [5.74, 6) is 1.72. The Hall–Kier alpha value is -1.55. The van der Waals surface area contributed by atoms with E-state index in [-0.39, 0.29) is 35.5 Å². The summed E-state index contributed by atoms with van der Waals surface area (Å²) in [6, 6.07) is 14.2. The number of benzene rings is 2. The number of aliphatic imine (C=N–C) groups is 1. The molecule has 0 aliphatic heterocycles. The van der Waals surface area contributed by atoms with Crippen LogP contribution in [0.1, 0.15) is 13.3 Å². The lowest BCUT2D eigenvalue weighted by Crippen LogP contribution is -2.40. The van der Waals surface area contributed by atoms with Gasteiger partial charge in [0.2, 0.25) is 0 Å². The number of hydrogen-bond acceptors (Lipinski definition) is 4. The second-order valence-corrected chi connectivity index (χ2v) is 8.35.